The fraction of sp³-hybridized carbons (Fsp3) is 0.312. The van der Waals surface area contributed by atoms with E-state index in [9.17, 15) is 4.79 Å². The Hall–Kier alpha value is -2.23. The molecule has 0 aliphatic carbocycles. The number of hydrogen-bond donors (Lipinski definition) is 0. The number of fused-ring (bicyclic) bond motifs is 1. The molecule has 0 N–H and O–H groups in total. The fourth-order valence-corrected chi connectivity index (χ4v) is 2.08. The summed E-state index contributed by atoms with van der Waals surface area (Å²) in [5, 5.41) is 1.69. The van der Waals surface area contributed by atoms with Gasteiger partial charge in [-0.05, 0) is 37.4 Å². The topological polar surface area (TPSA) is 44.8 Å². The molecule has 0 bridgehead atoms. The van der Waals surface area contributed by atoms with E-state index in [1.807, 2.05) is 32.0 Å². The average Bonchev–Trinajstić information content (AvgIpc) is 2.44. The van der Waals surface area contributed by atoms with Crippen LogP contribution in [0.15, 0.2) is 30.3 Å². The molecule has 0 aliphatic heterocycles. The van der Waals surface area contributed by atoms with Crippen LogP contribution in [0.4, 0.5) is 0 Å². The molecule has 0 spiro atoms. The number of esters is 1. The van der Waals surface area contributed by atoms with E-state index in [2.05, 4.69) is 0 Å². The molecule has 0 fully saturated rings. The van der Waals surface area contributed by atoms with Gasteiger partial charge in [-0.25, -0.2) is 4.79 Å². The van der Waals surface area contributed by atoms with Gasteiger partial charge in [0.1, 0.15) is 0 Å². The molecule has 2 aromatic carbocycles. The third-order valence-electron chi connectivity index (χ3n) is 2.93. The first-order chi connectivity index (χ1) is 9.56. The first kappa shape index (κ1) is 14.2. The molecule has 4 heteroatoms. The summed E-state index contributed by atoms with van der Waals surface area (Å²) in [6.45, 7) is 3.91. The van der Waals surface area contributed by atoms with Gasteiger partial charge in [-0.2, -0.15) is 0 Å². The molecule has 0 saturated heterocycles. The molecule has 0 unspecified atom stereocenters. The first-order valence-corrected chi connectivity index (χ1v) is 6.42. The quantitative estimate of drug-likeness (QED) is 0.801. The van der Waals surface area contributed by atoms with Crippen molar-refractivity contribution >= 4 is 16.7 Å². The zero-order valence-corrected chi connectivity index (χ0v) is 12.1. The Morgan fingerprint density at radius 2 is 1.85 bits per heavy atom. The van der Waals surface area contributed by atoms with Crippen LogP contribution in [-0.4, -0.2) is 26.3 Å². The second-order valence-electron chi connectivity index (χ2n) is 4.69. The van der Waals surface area contributed by atoms with E-state index in [1.54, 1.807) is 19.2 Å². The molecule has 2 rings (SSSR count). The molecular weight excluding hydrogens is 256 g/mol. The second-order valence-corrected chi connectivity index (χ2v) is 4.69. The molecule has 0 atom stereocenters. The molecule has 0 saturated carbocycles. The van der Waals surface area contributed by atoms with Crippen LogP contribution in [0.1, 0.15) is 24.2 Å². The largest absolute Gasteiger partial charge is 0.493 e. The van der Waals surface area contributed by atoms with Gasteiger partial charge in [0.05, 0.1) is 25.9 Å². The number of hydrogen-bond acceptors (Lipinski definition) is 4. The van der Waals surface area contributed by atoms with Gasteiger partial charge < -0.3 is 14.2 Å². The molecule has 0 aromatic heterocycles. The van der Waals surface area contributed by atoms with Gasteiger partial charge in [0.25, 0.3) is 0 Å². The lowest BCUT2D eigenvalue weighted by atomic mass is 10.0. The SMILES string of the molecule is COC(=O)c1cccc2cc(OC(C)C)c(OC)cc12. The van der Waals surface area contributed by atoms with Gasteiger partial charge in [-0.3, -0.25) is 0 Å². The predicted molar refractivity (Wildman–Crippen MR) is 77.6 cm³/mol. The fourth-order valence-electron chi connectivity index (χ4n) is 2.08. The second kappa shape index (κ2) is 5.82. The Morgan fingerprint density at radius 1 is 1.10 bits per heavy atom. The standard InChI is InChI=1S/C16H18O4/c1-10(2)20-15-8-11-6-5-7-12(16(17)19-4)13(11)9-14(15)18-3/h5-10H,1-4H3. The number of benzene rings is 2. The summed E-state index contributed by atoms with van der Waals surface area (Å²) >= 11 is 0. The summed E-state index contributed by atoms with van der Waals surface area (Å²) < 4.78 is 15.9. The Bertz CT molecular complexity index is 632. The first-order valence-electron chi connectivity index (χ1n) is 6.42. The maximum atomic E-state index is 11.8. The minimum atomic E-state index is -0.366. The highest BCUT2D eigenvalue weighted by molar-refractivity contribution is 6.05. The van der Waals surface area contributed by atoms with Crippen molar-refractivity contribution < 1.29 is 19.0 Å². The van der Waals surface area contributed by atoms with Gasteiger partial charge in [0.2, 0.25) is 0 Å². The molecule has 20 heavy (non-hydrogen) atoms. The van der Waals surface area contributed by atoms with E-state index < -0.39 is 0 Å². The number of ether oxygens (including phenoxy) is 3. The van der Waals surface area contributed by atoms with Crippen LogP contribution in [-0.2, 0) is 4.74 Å². The zero-order valence-electron chi connectivity index (χ0n) is 12.1. The smallest absolute Gasteiger partial charge is 0.338 e. The van der Waals surface area contributed by atoms with E-state index in [-0.39, 0.29) is 12.1 Å². The van der Waals surface area contributed by atoms with E-state index in [0.29, 0.717) is 17.1 Å². The van der Waals surface area contributed by atoms with Crippen LogP contribution >= 0.6 is 0 Å². The third kappa shape index (κ3) is 2.69. The van der Waals surface area contributed by atoms with Crippen molar-refractivity contribution in [3.63, 3.8) is 0 Å². The monoisotopic (exact) mass is 274 g/mol. The third-order valence-corrected chi connectivity index (χ3v) is 2.93. The highest BCUT2D eigenvalue weighted by Gasteiger charge is 2.14. The molecule has 0 radical (unpaired) electrons. The van der Waals surface area contributed by atoms with Crippen LogP contribution in [0.3, 0.4) is 0 Å². The van der Waals surface area contributed by atoms with Crippen molar-refractivity contribution in [2.45, 2.75) is 20.0 Å². The summed E-state index contributed by atoms with van der Waals surface area (Å²) in [7, 11) is 2.95. The van der Waals surface area contributed by atoms with E-state index in [4.69, 9.17) is 14.2 Å². The summed E-state index contributed by atoms with van der Waals surface area (Å²) in [4.78, 5) is 11.8. The van der Waals surface area contributed by atoms with E-state index >= 15 is 0 Å². The number of carbonyl (C=O) groups excluding carboxylic acids is 1. The maximum Gasteiger partial charge on any atom is 0.338 e. The van der Waals surface area contributed by atoms with Gasteiger partial charge in [0.15, 0.2) is 11.5 Å². The minimum absolute atomic E-state index is 0.0464. The van der Waals surface area contributed by atoms with Gasteiger partial charge in [-0.15, -0.1) is 0 Å². The predicted octanol–water partition coefficient (Wildman–Crippen LogP) is 3.42. The summed E-state index contributed by atoms with van der Waals surface area (Å²) in [5.41, 5.74) is 0.513. The average molecular weight is 274 g/mol. The summed E-state index contributed by atoms with van der Waals surface area (Å²) in [6.07, 6.45) is 0.0464. The molecule has 0 heterocycles. The van der Waals surface area contributed by atoms with Crippen LogP contribution in [0, 0.1) is 0 Å². The van der Waals surface area contributed by atoms with E-state index in [1.165, 1.54) is 7.11 Å². The van der Waals surface area contributed by atoms with E-state index in [0.717, 1.165) is 10.8 Å². The zero-order chi connectivity index (χ0) is 14.7. The Morgan fingerprint density at radius 3 is 2.45 bits per heavy atom. The molecule has 106 valence electrons. The number of rotatable bonds is 4. The Balaban J connectivity index is 2.63. The van der Waals surface area contributed by atoms with Gasteiger partial charge in [-0.1, -0.05) is 12.1 Å². The van der Waals surface area contributed by atoms with Crippen molar-refractivity contribution in [2.24, 2.45) is 0 Å². The van der Waals surface area contributed by atoms with Crippen molar-refractivity contribution in [2.75, 3.05) is 14.2 Å². The van der Waals surface area contributed by atoms with Crippen LogP contribution in [0.25, 0.3) is 10.8 Å². The number of carbonyl (C=O) groups is 1. The Kier molecular flexibility index (Phi) is 4.13. The maximum absolute atomic E-state index is 11.8. The van der Waals surface area contributed by atoms with Crippen LogP contribution in [0.5, 0.6) is 11.5 Å². The molecular formula is C16H18O4. The Labute approximate surface area is 118 Å². The summed E-state index contributed by atoms with van der Waals surface area (Å²) in [6, 6.07) is 9.16. The highest BCUT2D eigenvalue weighted by atomic mass is 16.5. The molecule has 0 aliphatic rings. The lowest BCUT2D eigenvalue weighted by Crippen LogP contribution is -2.07. The van der Waals surface area contributed by atoms with Gasteiger partial charge >= 0.3 is 5.97 Å². The normalized spacial score (nSPS) is 10.7. The van der Waals surface area contributed by atoms with Gasteiger partial charge in [0, 0.05) is 5.39 Å². The van der Waals surface area contributed by atoms with Crippen molar-refractivity contribution in [3.8, 4) is 11.5 Å². The van der Waals surface area contributed by atoms with Crippen LogP contribution < -0.4 is 9.47 Å². The minimum Gasteiger partial charge on any atom is -0.493 e. The number of methoxy groups -OCH3 is 2. The lowest BCUT2D eigenvalue weighted by Gasteiger charge is -2.15. The molecule has 2 aromatic rings. The van der Waals surface area contributed by atoms with Crippen molar-refractivity contribution in [1.82, 2.24) is 0 Å². The van der Waals surface area contributed by atoms with Crippen LogP contribution in [0.2, 0.25) is 0 Å². The summed E-state index contributed by atoms with van der Waals surface area (Å²) in [5.74, 6) is 0.898. The molecule has 4 nitrogen and oxygen atoms in total. The van der Waals surface area contributed by atoms with Crippen molar-refractivity contribution in [1.29, 1.82) is 0 Å². The molecule has 0 amide bonds. The highest BCUT2D eigenvalue weighted by Crippen LogP contribution is 2.34. The van der Waals surface area contributed by atoms with Crippen molar-refractivity contribution in [3.05, 3.63) is 35.9 Å². The lowest BCUT2D eigenvalue weighted by molar-refractivity contribution is 0.0603.